The van der Waals surface area contributed by atoms with Crippen molar-refractivity contribution in [3.8, 4) is 0 Å². The molecule has 1 fully saturated rings. The molecular weight excluding hydrogens is 637 g/mol. The number of methoxy groups -OCH3 is 1. The van der Waals surface area contributed by atoms with E-state index >= 15 is 0 Å². The SMILES string of the molecule is COC(=O)c1nc(CONC(=O)[C@@H]2c3ccccc3C(=O)N([C@H]3CCCC[C@@H]3NS(C)(=O)=O)[C@H]2c2ccc(Cl)cc2Cl)no1. The van der Waals surface area contributed by atoms with E-state index in [0.717, 1.165) is 26.2 Å². The van der Waals surface area contributed by atoms with E-state index in [9.17, 15) is 22.8 Å². The fourth-order valence-corrected chi connectivity index (χ4v) is 7.19. The van der Waals surface area contributed by atoms with E-state index in [1.807, 2.05) is 0 Å². The Kier molecular flexibility index (Phi) is 9.56. The quantitative estimate of drug-likeness (QED) is 0.254. The van der Waals surface area contributed by atoms with Crippen LogP contribution in [-0.2, 0) is 31.0 Å². The van der Waals surface area contributed by atoms with Crippen LogP contribution < -0.4 is 10.2 Å². The number of carbonyl (C=O) groups is 3. The molecule has 0 bridgehead atoms. The van der Waals surface area contributed by atoms with Crippen molar-refractivity contribution >= 4 is 51.0 Å². The van der Waals surface area contributed by atoms with Gasteiger partial charge in [0.1, 0.15) is 6.61 Å². The van der Waals surface area contributed by atoms with Crippen LogP contribution in [0.15, 0.2) is 47.0 Å². The van der Waals surface area contributed by atoms with Gasteiger partial charge < -0.3 is 14.2 Å². The maximum atomic E-state index is 14.3. The van der Waals surface area contributed by atoms with E-state index in [1.165, 1.54) is 6.07 Å². The Morgan fingerprint density at radius 3 is 2.59 bits per heavy atom. The lowest BCUT2D eigenvalue weighted by Gasteiger charge is -2.49. The molecule has 1 aromatic heterocycles. The number of halogens is 2. The number of esters is 1. The summed E-state index contributed by atoms with van der Waals surface area (Å²) in [6.07, 6.45) is 3.58. The molecule has 1 saturated carbocycles. The normalized spacial score (nSPS) is 21.9. The first-order valence-corrected chi connectivity index (χ1v) is 16.3. The van der Waals surface area contributed by atoms with Crippen molar-refractivity contribution in [2.45, 2.75) is 56.3 Å². The van der Waals surface area contributed by atoms with Gasteiger partial charge in [-0.15, -0.1) is 0 Å². The van der Waals surface area contributed by atoms with Gasteiger partial charge in [0.05, 0.1) is 25.3 Å². The lowest BCUT2D eigenvalue weighted by atomic mass is 9.76. The second-order valence-electron chi connectivity index (χ2n) is 10.5. The van der Waals surface area contributed by atoms with Gasteiger partial charge in [0.2, 0.25) is 15.8 Å². The van der Waals surface area contributed by atoms with Crippen LogP contribution in [0.4, 0.5) is 0 Å². The third-order valence-corrected chi connectivity index (χ3v) is 8.89. The number of amides is 2. The number of hydroxylamine groups is 1. The third kappa shape index (κ3) is 6.74. The van der Waals surface area contributed by atoms with Crippen molar-refractivity contribution in [2.75, 3.05) is 13.4 Å². The fourth-order valence-electron chi connectivity index (χ4n) is 5.85. The molecule has 2 heterocycles. The molecule has 0 saturated heterocycles. The van der Waals surface area contributed by atoms with Crippen molar-refractivity contribution in [2.24, 2.45) is 0 Å². The summed E-state index contributed by atoms with van der Waals surface area (Å²) in [6, 6.07) is 9.35. The van der Waals surface area contributed by atoms with Gasteiger partial charge in [0.15, 0.2) is 0 Å². The van der Waals surface area contributed by atoms with Crippen LogP contribution in [0.25, 0.3) is 0 Å². The molecule has 3 aromatic rings. The highest BCUT2D eigenvalue weighted by Gasteiger charge is 2.49. The Labute approximate surface area is 263 Å². The molecule has 0 spiro atoms. The molecule has 2 aliphatic rings. The van der Waals surface area contributed by atoms with Crippen LogP contribution >= 0.6 is 23.2 Å². The van der Waals surface area contributed by atoms with E-state index in [4.69, 9.17) is 32.6 Å². The standard InChI is InChI=1S/C28H29Cl2N5O8S/c1-41-28(38)26-31-22(32-43-26)14-42-33-25(36)23-16-7-3-4-8-17(16)27(37)35(24(23)18-12-11-15(29)13-19(18)30)21-10-6-5-9-20(21)34-44(2,39)40/h3-4,7-8,11-13,20-21,23-24,34H,5-6,9-10,14H2,1-2H3,(H,33,36)/t20-,21-,23+,24-/m0/s1. The Morgan fingerprint density at radius 1 is 1.11 bits per heavy atom. The summed E-state index contributed by atoms with van der Waals surface area (Å²) >= 11 is 12.9. The monoisotopic (exact) mass is 665 g/mol. The topological polar surface area (TPSA) is 170 Å². The van der Waals surface area contributed by atoms with E-state index in [0.29, 0.717) is 34.6 Å². The molecule has 0 unspecified atom stereocenters. The summed E-state index contributed by atoms with van der Waals surface area (Å²) in [5.74, 6) is -3.26. The molecule has 16 heteroatoms. The predicted molar refractivity (Wildman–Crippen MR) is 157 cm³/mol. The van der Waals surface area contributed by atoms with Crippen LogP contribution in [-0.4, -0.2) is 66.7 Å². The summed E-state index contributed by atoms with van der Waals surface area (Å²) in [4.78, 5) is 50.8. The summed E-state index contributed by atoms with van der Waals surface area (Å²) in [6.45, 7) is -0.349. The molecule has 1 aliphatic heterocycles. The molecule has 4 atom stereocenters. The van der Waals surface area contributed by atoms with Crippen molar-refractivity contribution in [3.63, 3.8) is 0 Å². The first kappa shape index (κ1) is 31.9. The number of nitrogens with zero attached hydrogens (tertiary/aromatic N) is 3. The average molecular weight is 667 g/mol. The molecule has 5 rings (SSSR count). The van der Waals surface area contributed by atoms with E-state index in [1.54, 1.807) is 41.3 Å². The van der Waals surface area contributed by atoms with Crippen LogP contribution in [0.1, 0.15) is 75.6 Å². The van der Waals surface area contributed by atoms with Gasteiger partial charge in [-0.25, -0.2) is 23.4 Å². The zero-order valence-electron chi connectivity index (χ0n) is 23.7. The van der Waals surface area contributed by atoms with Crippen LogP contribution in [0.5, 0.6) is 0 Å². The summed E-state index contributed by atoms with van der Waals surface area (Å²) < 4.78 is 36.8. The predicted octanol–water partition coefficient (Wildman–Crippen LogP) is 3.55. The Morgan fingerprint density at radius 2 is 1.86 bits per heavy atom. The van der Waals surface area contributed by atoms with E-state index < -0.39 is 45.9 Å². The van der Waals surface area contributed by atoms with Crippen molar-refractivity contribution in [1.29, 1.82) is 0 Å². The molecule has 2 N–H and O–H groups in total. The van der Waals surface area contributed by atoms with Gasteiger partial charge in [-0.2, -0.15) is 4.98 Å². The highest BCUT2D eigenvalue weighted by Crippen LogP contribution is 2.47. The average Bonchev–Trinajstić information content (AvgIpc) is 3.45. The van der Waals surface area contributed by atoms with E-state index in [2.05, 4.69) is 25.1 Å². The molecule has 44 heavy (non-hydrogen) atoms. The number of hydrogen-bond donors (Lipinski definition) is 2. The van der Waals surface area contributed by atoms with Crippen molar-refractivity contribution < 1.29 is 36.9 Å². The van der Waals surface area contributed by atoms with Gasteiger partial charge in [-0.1, -0.05) is 65.5 Å². The number of aromatic nitrogens is 2. The molecule has 0 radical (unpaired) electrons. The van der Waals surface area contributed by atoms with Gasteiger partial charge in [-0.3, -0.25) is 14.4 Å². The van der Waals surface area contributed by atoms with Crippen molar-refractivity contribution in [1.82, 2.24) is 25.2 Å². The van der Waals surface area contributed by atoms with Crippen molar-refractivity contribution in [3.05, 3.63) is 80.9 Å². The minimum Gasteiger partial charge on any atom is -0.462 e. The number of nitrogens with one attached hydrogen (secondary N) is 2. The molecule has 13 nitrogen and oxygen atoms in total. The zero-order chi connectivity index (χ0) is 31.6. The molecular formula is C28H29Cl2N5O8S. The molecule has 1 aliphatic carbocycles. The molecule has 2 amide bonds. The lowest BCUT2D eigenvalue weighted by Crippen LogP contribution is -2.59. The van der Waals surface area contributed by atoms with Gasteiger partial charge in [0.25, 0.3) is 11.8 Å². The Balaban J connectivity index is 1.55. The minimum absolute atomic E-state index is 0.0271. The van der Waals surface area contributed by atoms with Crippen LogP contribution in [0.2, 0.25) is 10.0 Å². The number of rotatable bonds is 9. The summed E-state index contributed by atoms with van der Waals surface area (Å²) in [5, 5.41) is 4.22. The molecule has 234 valence electrons. The summed E-state index contributed by atoms with van der Waals surface area (Å²) in [5.41, 5.74) is 3.59. The van der Waals surface area contributed by atoms with Gasteiger partial charge in [0, 0.05) is 27.7 Å². The first-order valence-electron chi connectivity index (χ1n) is 13.6. The number of benzene rings is 2. The van der Waals surface area contributed by atoms with E-state index in [-0.39, 0.29) is 29.3 Å². The maximum absolute atomic E-state index is 14.3. The van der Waals surface area contributed by atoms with Crippen LogP contribution in [0.3, 0.4) is 0 Å². The van der Waals surface area contributed by atoms with Gasteiger partial charge in [-0.05, 0) is 42.2 Å². The fraction of sp³-hybridized carbons (Fsp3) is 0.393. The number of ether oxygens (including phenoxy) is 1. The third-order valence-electron chi connectivity index (χ3n) is 7.59. The Hall–Kier alpha value is -3.56. The Bertz CT molecular complexity index is 1680. The molecule has 2 aromatic carbocycles. The summed E-state index contributed by atoms with van der Waals surface area (Å²) in [7, 11) is -2.46. The number of fused-ring (bicyclic) bond motifs is 1. The number of hydrogen-bond acceptors (Lipinski definition) is 10. The van der Waals surface area contributed by atoms with Crippen LogP contribution in [0, 0.1) is 0 Å². The second-order valence-corrected chi connectivity index (χ2v) is 13.1. The zero-order valence-corrected chi connectivity index (χ0v) is 26.0. The lowest BCUT2D eigenvalue weighted by molar-refractivity contribution is -0.138. The number of sulfonamides is 1. The number of carbonyl (C=O) groups excluding carboxylic acids is 3. The smallest absolute Gasteiger partial charge is 0.397 e. The highest BCUT2D eigenvalue weighted by atomic mass is 35.5. The second kappa shape index (κ2) is 13.2. The minimum atomic E-state index is -3.62. The highest BCUT2D eigenvalue weighted by molar-refractivity contribution is 7.88. The largest absolute Gasteiger partial charge is 0.462 e. The van der Waals surface area contributed by atoms with Gasteiger partial charge >= 0.3 is 11.9 Å². The first-order chi connectivity index (χ1) is 21.0. The maximum Gasteiger partial charge on any atom is 0.397 e.